The largest absolute Gasteiger partial charge is 0.508 e. The van der Waals surface area contributed by atoms with Crippen molar-refractivity contribution in [2.45, 2.75) is 32.9 Å². The molecule has 9 nitrogen and oxygen atoms in total. The summed E-state index contributed by atoms with van der Waals surface area (Å²) in [5.74, 6) is 0.312. The highest BCUT2D eigenvalue weighted by Gasteiger charge is 2.26. The van der Waals surface area contributed by atoms with Crippen LogP contribution in [-0.4, -0.2) is 50.5 Å². The average molecular weight is 424 g/mol. The molecule has 0 spiro atoms. The van der Waals surface area contributed by atoms with E-state index < -0.39 is 17.6 Å². The number of hydrogen-bond donors (Lipinski definition) is 2. The minimum Gasteiger partial charge on any atom is -0.508 e. The first kappa shape index (κ1) is 20.5. The molecular formula is C22H24N4O5. The lowest BCUT2D eigenvalue weighted by Gasteiger charge is -2.26. The van der Waals surface area contributed by atoms with E-state index in [0.717, 1.165) is 10.2 Å². The van der Waals surface area contributed by atoms with Crippen molar-refractivity contribution in [1.29, 1.82) is 0 Å². The first-order valence-electron chi connectivity index (χ1n) is 9.88. The summed E-state index contributed by atoms with van der Waals surface area (Å²) in [6, 6.07) is 9.56. The van der Waals surface area contributed by atoms with Gasteiger partial charge < -0.3 is 25.2 Å². The van der Waals surface area contributed by atoms with Crippen molar-refractivity contribution in [3.63, 3.8) is 0 Å². The van der Waals surface area contributed by atoms with Gasteiger partial charge in [0.15, 0.2) is 5.82 Å². The first-order valence-corrected chi connectivity index (χ1v) is 9.88. The molecule has 162 valence electrons. The Labute approximate surface area is 179 Å². The molecule has 9 heteroatoms. The molecule has 3 N–H and O–H groups in total. The third-order valence-electron chi connectivity index (χ3n) is 4.83. The fraction of sp³-hybridized carbons (Fsp3) is 0.318. The zero-order valence-corrected chi connectivity index (χ0v) is 17.6. The number of fused-ring (bicyclic) bond motifs is 2. The van der Waals surface area contributed by atoms with Crippen LogP contribution in [0.15, 0.2) is 36.4 Å². The van der Waals surface area contributed by atoms with Crippen LogP contribution in [-0.2, 0) is 11.3 Å². The van der Waals surface area contributed by atoms with Crippen LogP contribution in [0.2, 0.25) is 0 Å². The number of hydrogen-bond acceptors (Lipinski definition) is 7. The Morgan fingerprint density at radius 2 is 1.97 bits per heavy atom. The van der Waals surface area contributed by atoms with Gasteiger partial charge in [-0.1, -0.05) is 6.07 Å². The molecule has 1 aromatic heterocycles. The molecule has 3 aromatic rings. The van der Waals surface area contributed by atoms with Crippen LogP contribution in [0.1, 0.15) is 36.7 Å². The van der Waals surface area contributed by atoms with Gasteiger partial charge in [0.2, 0.25) is 0 Å². The summed E-state index contributed by atoms with van der Waals surface area (Å²) in [5, 5.41) is 14.5. The van der Waals surface area contributed by atoms with Gasteiger partial charge >= 0.3 is 6.09 Å². The summed E-state index contributed by atoms with van der Waals surface area (Å²) >= 11 is 0. The molecule has 4 rings (SSSR count). The molecular weight excluding hydrogens is 400 g/mol. The van der Waals surface area contributed by atoms with Crippen molar-refractivity contribution in [3.8, 4) is 11.5 Å². The van der Waals surface area contributed by atoms with Crippen LogP contribution in [0.25, 0.3) is 10.9 Å². The number of ether oxygens (including phenoxy) is 2. The fourth-order valence-electron chi connectivity index (χ4n) is 3.39. The lowest BCUT2D eigenvalue weighted by molar-refractivity contribution is 0.0225. The molecule has 2 heterocycles. The molecule has 0 aliphatic carbocycles. The van der Waals surface area contributed by atoms with Gasteiger partial charge in [-0.2, -0.15) is 4.68 Å². The zero-order chi connectivity index (χ0) is 22.3. The van der Waals surface area contributed by atoms with E-state index in [1.54, 1.807) is 29.2 Å². The molecule has 0 unspecified atom stereocenters. The number of anilines is 1. The number of aromatic nitrogens is 2. The lowest BCUT2D eigenvalue weighted by Crippen LogP contribution is -2.37. The molecule has 0 radical (unpaired) electrons. The molecule has 1 aliphatic heterocycles. The molecule has 2 aromatic carbocycles. The zero-order valence-electron chi connectivity index (χ0n) is 17.6. The number of benzene rings is 2. The number of amides is 1. The van der Waals surface area contributed by atoms with E-state index >= 15 is 0 Å². The van der Waals surface area contributed by atoms with E-state index in [1.807, 2.05) is 20.8 Å². The van der Waals surface area contributed by atoms with Gasteiger partial charge in [-0.05, 0) is 45.0 Å². The van der Waals surface area contributed by atoms with Gasteiger partial charge in [0.25, 0.3) is 5.91 Å². The summed E-state index contributed by atoms with van der Waals surface area (Å²) < 4.78 is 12.4. The fourth-order valence-corrected chi connectivity index (χ4v) is 3.39. The van der Waals surface area contributed by atoms with Crippen molar-refractivity contribution < 1.29 is 24.2 Å². The number of aromatic hydroxyl groups is 1. The Balaban J connectivity index is 1.62. The van der Waals surface area contributed by atoms with Crippen LogP contribution in [0.5, 0.6) is 11.5 Å². The van der Waals surface area contributed by atoms with Gasteiger partial charge in [0, 0.05) is 22.6 Å². The summed E-state index contributed by atoms with van der Waals surface area (Å²) in [5.41, 5.74) is 6.85. The van der Waals surface area contributed by atoms with E-state index in [4.69, 9.17) is 15.2 Å². The van der Waals surface area contributed by atoms with Crippen molar-refractivity contribution in [3.05, 3.63) is 47.5 Å². The number of phenols is 1. The monoisotopic (exact) mass is 424 g/mol. The van der Waals surface area contributed by atoms with Crippen LogP contribution in [0, 0.1) is 0 Å². The predicted octanol–water partition coefficient (Wildman–Crippen LogP) is 3.14. The topological polar surface area (TPSA) is 120 Å². The highest BCUT2D eigenvalue weighted by Crippen LogP contribution is 2.28. The van der Waals surface area contributed by atoms with Crippen LogP contribution < -0.4 is 10.5 Å². The number of rotatable bonds is 1. The second-order valence-corrected chi connectivity index (χ2v) is 8.38. The van der Waals surface area contributed by atoms with Gasteiger partial charge in [-0.3, -0.25) is 4.79 Å². The number of carbonyl (C=O) groups excluding carboxylic acids is 2. The van der Waals surface area contributed by atoms with Crippen LogP contribution in [0.4, 0.5) is 10.6 Å². The van der Waals surface area contributed by atoms with Crippen molar-refractivity contribution in [2.24, 2.45) is 0 Å². The van der Waals surface area contributed by atoms with E-state index in [2.05, 4.69) is 5.10 Å². The second-order valence-electron chi connectivity index (χ2n) is 8.38. The Hall–Kier alpha value is -3.75. The molecule has 1 aliphatic rings. The summed E-state index contributed by atoms with van der Waals surface area (Å²) in [6.07, 6.45) is -0.414. The summed E-state index contributed by atoms with van der Waals surface area (Å²) in [4.78, 5) is 27.1. The Bertz CT molecular complexity index is 1180. The Morgan fingerprint density at radius 3 is 2.71 bits per heavy atom. The molecule has 0 saturated heterocycles. The number of phenolic OH excluding ortho intramolecular Hbond substituents is 1. The van der Waals surface area contributed by atoms with Crippen molar-refractivity contribution >= 4 is 28.7 Å². The SMILES string of the molecule is CC(C)(C)OC(=O)N1CCOc2cc(C(=O)n3nc(N)c4ccc(O)cc43)ccc2C1. The maximum absolute atomic E-state index is 13.1. The molecule has 0 saturated carbocycles. The minimum atomic E-state index is -0.591. The number of nitrogens with two attached hydrogens (primary N) is 1. The standard InChI is InChI=1S/C22H24N4O5/c1-22(2,3)31-21(29)25-8-9-30-18-10-13(4-5-14(18)12-25)20(28)26-17-11-15(27)6-7-16(17)19(23)24-26/h4-7,10-11,27H,8-9,12H2,1-3H3,(H2,23,24). The molecule has 0 bridgehead atoms. The lowest BCUT2D eigenvalue weighted by atomic mass is 10.1. The number of nitrogen functional groups attached to an aromatic ring is 1. The normalized spacial score (nSPS) is 14.0. The van der Waals surface area contributed by atoms with E-state index in [0.29, 0.717) is 35.3 Å². The molecule has 0 fully saturated rings. The summed E-state index contributed by atoms with van der Waals surface area (Å²) in [7, 11) is 0. The highest BCUT2D eigenvalue weighted by molar-refractivity contribution is 6.04. The predicted molar refractivity (Wildman–Crippen MR) is 114 cm³/mol. The minimum absolute atomic E-state index is 0.00828. The number of carbonyl (C=O) groups is 2. The van der Waals surface area contributed by atoms with E-state index in [-0.39, 0.29) is 18.2 Å². The van der Waals surface area contributed by atoms with Gasteiger partial charge in [-0.15, -0.1) is 5.10 Å². The van der Waals surface area contributed by atoms with Crippen molar-refractivity contribution in [1.82, 2.24) is 14.7 Å². The maximum atomic E-state index is 13.1. The highest BCUT2D eigenvalue weighted by atomic mass is 16.6. The van der Waals surface area contributed by atoms with Crippen molar-refractivity contribution in [2.75, 3.05) is 18.9 Å². The number of nitrogens with zero attached hydrogens (tertiary/aromatic N) is 3. The van der Waals surface area contributed by atoms with Gasteiger partial charge in [0.05, 0.1) is 18.6 Å². The van der Waals surface area contributed by atoms with E-state index in [1.165, 1.54) is 12.1 Å². The maximum Gasteiger partial charge on any atom is 0.410 e. The third kappa shape index (κ3) is 4.11. The van der Waals surface area contributed by atoms with Crippen LogP contribution in [0.3, 0.4) is 0 Å². The Kier molecular flexibility index (Phi) is 4.96. The van der Waals surface area contributed by atoms with Crippen LogP contribution >= 0.6 is 0 Å². The quantitative estimate of drug-likeness (QED) is 0.616. The molecule has 31 heavy (non-hydrogen) atoms. The smallest absolute Gasteiger partial charge is 0.410 e. The molecule has 1 amide bonds. The van der Waals surface area contributed by atoms with Gasteiger partial charge in [0.1, 0.15) is 23.7 Å². The third-order valence-corrected chi connectivity index (χ3v) is 4.83. The molecule has 0 atom stereocenters. The first-order chi connectivity index (χ1) is 14.6. The second kappa shape index (κ2) is 7.50. The Morgan fingerprint density at radius 1 is 1.19 bits per heavy atom. The summed E-state index contributed by atoms with van der Waals surface area (Å²) in [6.45, 7) is 6.40. The average Bonchev–Trinajstić information content (AvgIpc) is 2.87. The van der Waals surface area contributed by atoms with E-state index in [9.17, 15) is 14.7 Å². The van der Waals surface area contributed by atoms with Gasteiger partial charge in [-0.25, -0.2) is 4.79 Å².